The molecular formula is C8H15NO4. The Morgan fingerprint density at radius 3 is 2.31 bits per heavy atom. The van der Waals surface area contributed by atoms with E-state index < -0.39 is 23.4 Å². The number of esters is 1. The van der Waals surface area contributed by atoms with Crippen LogP contribution in [0.2, 0.25) is 0 Å². The molecule has 13 heavy (non-hydrogen) atoms. The Morgan fingerprint density at radius 1 is 1.62 bits per heavy atom. The second-order valence-electron chi connectivity index (χ2n) is 2.98. The summed E-state index contributed by atoms with van der Waals surface area (Å²) >= 11 is 0. The number of carbonyl (C=O) groups is 2. The van der Waals surface area contributed by atoms with Gasteiger partial charge in [0.25, 0.3) is 0 Å². The molecule has 0 aliphatic heterocycles. The first-order valence-electron chi connectivity index (χ1n) is 4.01. The molecule has 0 aromatic heterocycles. The SMILES string of the molecule is CCC(C)C(N)(C(=O)O)C(=O)OC. The first-order chi connectivity index (χ1) is 5.91. The van der Waals surface area contributed by atoms with Crippen molar-refractivity contribution in [3.05, 3.63) is 0 Å². The second kappa shape index (κ2) is 4.23. The summed E-state index contributed by atoms with van der Waals surface area (Å²) in [6.45, 7) is 3.36. The lowest BCUT2D eigenvalue weighted by atomic mass is 9.84. The first-order valence-corrected chi connectivity index (χ1v) is 4.01. The van der Waals surface area contributed by atoms with Crippen LogP contribution in [-0.4, -0.2) is 29.7 Å². The fourth-order valence-corrected chi connectivity index (χ4v) is 0.990. The van der Waals surface area contributed by atoms with E-state index in [1.807, 2.05) is 0 Å². The van der Waals surface area contributed by atoms with Crippen molar-refractivity contribution in [2.45, 2.75) is 25.8 Å². The molecule has 2 atom stereocenters. The molecule has 0 aliphatic rings. The molecular weight excluding hydrogens is 174 g/mol. The number of nitrogens with two attached hydrogens (primary N) is 1. The number of rotatable bonds is 4. The quantitative estimate of drug-likeness (QED) is 0.479. The molecule has 3 N–H and O–H groups in total. The third-order valence-corrected chi connectivity index (χ3v) is 2.27. The van der Waals surface area contributed by atoms with Crippen LogP contribution < -0.4 is 5.73 Å². The van der Waals surface area contributed by atoms with Gasteiger partial charge in [0.15, 0.2) is 0 Å². The highest BCUT2D eigenvalue weighted by Gasteiger charge is 2.47. The summed E-state index contributed by atoms with van der Waals surface area (Å²) in [7, 11) is 1.12. The molecule has 0 aliphatic carbocycles. The molecule has 0 fully saturated rings. The van der Waals surface area contributed by atoms with Gasteiger partial charge < -0.3 is 15.6 Å². The lowest BCUT2D eigenvalue weighted by Crippen LogP contribution is -2.60. The Morgan fingerprint density at radius 2 is 2.08 bits per heavy atom. The zero-order valence-electron chi connectivity index (χ0n) is 8.03. The van der Waals surface area contributed by atoms with Crippen molar-refractivity contribution < 1.29 is 19.4 Å². The van der Waals surface area contributed by atoms with Gasteiger partial charge in [-0.3, -0.25) is 0 Å². The first kappa shape index (κ1) is 11.9. The van der Waals surface area contributed by atoms with Gasteiger partial charge in [-0.1, -0.05) is 20.3 Å². The summed E-state index contributed by atoms with van der Waals surface area (Å²) < 4.78 is 4.35. The molecule has 0 spiro atoms. The van der Waals surface area contributed by atoms with E-state index in [1.165, 1.54) is 0 Å². The van der Waals surface area contributed by atoms with Crippen molar-refractivity contribution in [3.8, 4) is 0 Å². The molecule has 0 bridgehead atoms. The van der Waals surface area contributed by atoms with Crippen molar-refractivity contribution in [3.63, 3.8) is 0 Å². The lowest BCUT2D eigenvalue weighted by Gasteiger charge is -2.27. The zero-order chi connectivity index (χ0) is 10.6. The van der Waals surface area contributed by atoms with E-state index in [2.05, 4.69) is 4.74 Å². The van der Waals surface area contributed by atoms with Crippen LogP contribution in [0.25, 0.3) is 0 Å². The smallest absolute Gasteiger partial charge is 0.337 e. The molecule has 5 nitrogen and oxygen atoms in total. The van der Waals surface area contributed by atoms with Crippen molar-refractivity contribution in [1.29, 1.82) is 0 Å². The highest BCUT2D eigenvalue weighted by Crippen LogP contribution is 2.19. The number of carbonyl (C=O) groups excluding carboxylic acids is 1. The van der Waals surface area contributed by atoms with Crippen LogP contribution in [0.3, 0.4) is 0 Å². The summed E-state index contributed by atoms with van der Waals surface area (Å²) in [6.07, 6.45) is 0.498. The van der Waals surface area contributed by atoms with Gasteiger partial charge in [0.2, 0.25) is 5.54 Å². The van der Waals surface area contributed by atoms with Crippen LogP contribution in [0.4, 0.5) is 0 Å². The minimum absolute atomic E-state index is 0.461. The van der Waals surface area contributed by atoms with Gasteiger partial charge in [-0.15, -0.1) is 0 Å². The van der Waals surface area contributed by atoms with Crippen LogP contribution >= 0.6 is 0 Å². The molecule has 76 valence electrons. The van der Waals surface area contributed by atoms with Crippen molar-refractivity contribution in [2.24, 2.45) is 11.7 Å². The molecule has 0 saturated heterocycles. The summed E-state index contributed by atoms with van der Waals surface area (Å²) in [6, 6.07) is 0. The maximum atomic E-state index is 11.1. The fraction of sp³-hybridized carbons (Fsp3) is 0.750. The largest absolute Gasteiger partial charge is 0.479 e. The Balaban J connectivity index is 4.94. The highest BCUT2D eigenvalue weighted by atomic mass is 16.5. The maximum Gasteiger partial charge on any atom is 0.337 e. The zero-order valence-corrected chi connectivity index (χ0v) is 8.03. The van der Waals surface area contributed by atoms with E-state index in [0.717, 1.165) is 7.11 Å². The van der Waals surface area contributed by atoms with Crippen LogP contribution in [-0.2, 0) is 14.3 Å². The van der Waals surface area contributed by atoms with Crippen molar-refractivity contribution in [2.75, 3.05) is 7.11 Å². The predicted octanol–water partition coefficient (Wildman–Crippen LogP) is -0.0124. The van der Waals surface area contributed by atoms with E-state index in [9.17, 15) is 9.59 Å². The Kier molecular flexibility index (Phi) is 3.87. The standard InChI is InChI=1S/C8H15NO4/c1-4-5(2)8(9,6(10)11)7(12)13-3/h5H,4,9H2,1-3H3,(H,10,11). The van der Waals surface area contributed by atoms with E-state index in [1.54, 1.807) is 13.8 Å². The molecule has 0 aromatic rings. The normalized spacial score (nSPS) is 17.2. The van der Waals surface area contributed by atoms with E-state index in [-0.39, 0.29) is 0 Å². The number of carboxylic acid groups (broad SMARTS) is 1. The minimum atomic E-state index is -1.93. The second-order valence-corrected chi connectivity index (χ2v) is 2.98. The number of hydrogen-bond donors (Lipinski definition) is 2. The maximum absolute atomic E-state index is 11.1. The van der Waals surface area contributed by atoms with Gasteiger partial charge in [0.1, 0.15) is 0 Å². The third-order valence-electron chi connectivity index (χ3n) is 2.27. The Hall–Kier alpha value is -1.10. The van der Waals surface area contributed by atoms with Gasteiger partial charge in [-0.05, 0) is 5.92 Å². The van der Waals surface area contributed by atoms with Gasteiger partial charge in [-0.2, -0.15) is 0 Å². The van der Waals surface area contributed by atoms with Gasteiger partial charge in [-0.25, -0.2) is 9.59 Å². The van der Waals surface area contributed by atoms with Gasteiger partial charge >= 0.3 is 11.9 Å². The van der Waals surface area contributed by atoms with Crippen LogP contribution in [0, 0.1) is 5.92 Å². The van der Waals surface area contributed by atoms with E-state index in [0.29, 0.717) is 6.42 Å². The van der Waals surface area contributed by atoms with Gasteiger partial charge in [0.05, 0.1) is 7.11 Å². The minimum Gasteiger partial charge on any atom is -0.479 e. The lowest BCUT2D eigenvalue weighted by molar-refractivity contribution is -0.162. The van der Waals surface area contributed by atoms with Crippen LogP contribution in [0.15, 0.2) is 0 Å². The third kappa shape index (κ3) is 1.98. The molecule has 0 amide bonds. The summed E-state index contributed by atoms with van der Waals surface area (Å²) in [5.41, 5.74) is 3.55. The number of methoxy groups -OCH3 is 1. The average molecular weight is 189 g/mol. The Labute approximate surface area is 76.9 Å². The summed E-state index contributed by atoms with van der Waals surface area (Å²) in [5, 5.41) is 8.81. The molecule has 2 unspecified atom stereocenters. The average Bonchev–Trinajstić information content (AvgIpc) is 2.13. The molecule has 5 heteroatoms. The molecule has 0 saturated carbocycles. The van der Waals surface area contributed by atoms with Crippen molar-refractivity contribution >= 4 is 11.9 Å². The van der Waals surface area contributed by atoms with Crippen LogP contribution in [0.5, 0.6) is 0 Å². The van der Waals surface area contributed by atoms with E-state index in [4.69, 9.17) is 10.8 Å². The highest BCUT2D eigenvalue weighted by molar-refractivity contribution is 6.04. The number of ether oxygens (including phenoxy) is 1. The van der Waals surface area contributed by atoms with Gasteiger partial charge in [0, 0.05) is 0 Å². The topological polar surface area (TPSA) is 89.6 Å². The monoisotopic (exact) mass is 189 g/mol. The van der Waals surface area contributed by atoms with E-state index >= 15 is 0 Å². The van der Waals surface area contributed by atoms with Crippen molar-refractivity contribution in [1.82, 2.24) is 0 Å². The summed E-state index contributed by atoms with van der Waals surface area (Å²) in [4.78, 5) is 21.9. The number of carboxylic acids is 1. The molecule has 0 heterocycles. The summed E-state index contributed by atoms with van der Waals surface area (Å²) in [5.74, 6) is -2.72. The molecule has 0 aromatic carbocycles. The predicted molar refractivity (Wildman–Crippen MR) is 46.0 cm³/mol. The fourth-order valence-electron chi connectivity index (χ4n) is 0.990. The number of hydrogen-bond acceptors (Lipinski definition) is 4. The molecule has 0 radical (unpaired) electrons. The Bertz CT molecular complexity index is 216. The molecule has 0 rings (SSSR count). The van der Waals surface area contributed by atoms with Crippen LogP contribution in [0.1, 0.15) is 20.3 Å². The number of aliphatic carboxylic acids is 1.